The molecule has 8 heteroatoms. The maximum absolute atomic E-state index is 11.3. The van der Waals surface area contributed by atoms with Crippen LogP contribution in [0.15, 0.2) is 36.5 Å². The van der Waals surface area contributed by atoms with Gasteiger partial charge in [0, 0.05) is 61.1 Å². The van der Waals surface area contributed by atoms with Crippen LogP contribution in [-0.2, 0) is 24.7 Å². The molecular formula is C26H36N4O4. The Balaban J connectivity index is 1.76. The monoisotopic (exact) mass is 468 g/mol. The van der Waals surface area contributed by atoms with Crippen LogP contribution in [0.5, 0.6) is 0 Å². The first kappa shape index (κ1) is 24.8. The van der Waals surface area contributed by atoms with Crippen LogP contribution in [0.2, 0.25) is 0 Å². The standard InChI is InChI=1S/C26H36N4O4/c1-5-11-28(4)13-14-29-12-10-24-22(17-29)21-15-18(2)6-9-23(21)30(24)26(33,34)25(31,32)20-8-7-19(3)27-16-20/h6-9,15-16,31-34H,5,10-14,17H2,1-4H3. The third-order valence-electron chi connectivity index (χ3n) is 6.88. The number of benzene rings is 1. The third kappa shape index (κ3) is 4.37. The molecule has 0 amide bonds. The van der Waals surface area contributed by atoms with Gasteiger partial charge in [-0.15, -0.1) is 0 Å². The summed E-state index contributed by atoms with van der Waals surface area (Å²) in [4.78, 5) is 8.78. The van der Waals surface area contributed by atoms with Crippen molar-refractivity contribution in [3.05, 3.63) is 64.6 Å². The third-order valence-corrected chi connectivity index (χ3v) is 6.88. The molecule has 0 aliphatic carbocycles. The lowest BCUT2D eigenvalue weighted by Crippen LogP contribution is -2.54. The molecule has 0 unspecified atom stereocenters. The summed E-state index contributed by atoms with van der Waals surface area (Å²) in [6.45, 7) is 10.3. The molecule has 0 bridgehead atoms. The van der Waals surface area contributed by atoms with Crippen molar-refractivity contribution < 1.29 is 20.4 Å². The van der Waals surface area contributed by atoms with E-state index in [0.717, 1.165) is 49.1 Å². The maximum Gasteiger partial charge on any atom is 0.312 e. The largest absolute Gasteiger partial charge is 0.356 e. The van der Waals surface area contributed by atoms with E-state index in [1.807, 2.05) is 25.1 Å². The van der Waals surface area contributed by atoms with E-state index in [-0.39, 0.29) is 5.56 Å². The normalized spacial score (nSPS) is 15.3. The van der Waals surface area contributed by atoms with Gasteiger partial charge in [0.25, 0.3) is 5.79 Å². The highest BCUT2D eigenvalue weighted by atomic mass is 16.6. The number of hydrogen-bond donors (Lipinski definition) is 4. The predicted molar refractivity (Wildman–Crippen MR) is 131 cm³/mol. The molecule has 1 aliphatic rings. The zero-order valence-electron chi connectivity index (χ0n) is 20.5. The van der Waals surface area contributed by atoms with E-state index in [0.29, 0.717) is 29.9 Å². The van der Waals surface area contributed by atoms with E-state index >= 15 is 0 Å². The molecule has 4 N–H and O–H groups in total. The number of aliphatic hydroxyl groups is 4. The summed E-state index contributed by atoms with van der Waals surface area (Å²) >= 11 is 0. The smallest absolute Gasteiger partial charge is 0.312 e. The molecule has 3 aromatic rings. The van der Waals surface area contributed by atoms with Crippen LogP contribution in [0.3, 0.4) is 0 Å². The fraction of sp³-hybridized carbons (Fsp3) is 0.500. The van der Waals surface area contributed by atoms with Gasteiger partial charge in [-0.3, -0.25) is 14.5 Å². The molecule has 1 aromatic carbocycles. The van der Waals surface area contributed by atoms with E-state index in [4.69, 9.17) is 0 Å². The van der Waals surface area contributed by atoms with Crippen LogP contribution < -0.4 is 0 Å². The van der Waals surface area contributed by atoms with Crippen molar-refractivity contribution in [3.8, 4) is 0 Å². The van der Waals surface area contributed by atoms with E-state index in [9.17, 15) is 20.4 Å². The summed E-state index contributed by atoms with van der Waals surface area (Å²) in [5.41, 5.74) is 3.89. The second kappa shape index (κ2) is 9.37. The van der Waals surface area contributed by atoms with Gasteiger partial charge in [-0.2, -0.15) is 0 Å². The number of fused-ring (bicyclic) bond motifs is 3. The van der Waals surface area contributed by atoms with Crippen molar-refractivity contribution in [1.29, 1.82) is 0 Å². The van der Waals surface area contributed by atoms with Crippen molar-refractivity contribution in [1.82, 2.24) is 19.4 Å². The zero-order valence-corrected chi connectivity index (χ0v) is 20.5. The SMILES string of the molecule is CCCN(C)CCN1CCc2c(c3cc(C)ccc3n2C(O)(O)C(O)(O)c2ccc(C)nc2)C1. The zero-order chi connectivity index (χ0) is 24.7. The van der Waals surface area contributed by atoms with Gasteiger partial charge in [0.15, 0.2) is 0 Å². The van der Waals surface area contributed by atoms with Crippen LogP contribution in [0.1, 0.15) is 41.4 Å². The number of aryl methyl sites for hydroxylation is 2. The second-order valence-electron chi connectivity index (χ2n) is 9.61. The van der Waals surface area contributed by atoms with Gasteiger partial charge in [-0.05, 0) is 57.6 Å². The molecule has 0 atom stereocenters. The topological polar surface area (TPSA) is 105 Å². The van der Waals surface area contributed by atoms with Gasteiger partial charge in [0.05, 0.1) is 5.52 Å². The Labute approximate surface area is 200 Å². The van der Waals surface area contributed by atoms with Gasteiger partial charge in [0.1, 0.15) is 0 Å². The van der Waals surface area contributed by atoms with Crippen LogP contribution >= 0.6 is 0 Å². The molecule has 0 fully saturated rings. The van der Waals surface area contributed by atoms with Crippen LogP contribution in [0, 0.1) is 13.8 Å². The minimum Gasteiger partial charge on any atom is -0.356 e. The van der Waals surface area contributed by atoms with Crippen molar-refractivity contribution in [2.45, 2.75) is 51.9 Å². The molecule has 184 valence electrons. The summed E-state index contributed by atoms with van der Waals surface area (Å²) in [5.74, 6) is -5.98. The Hall–Kier alpha value is -2.33. The fourth-order valence-corrected chi connectivity index (χ4v) is 4.90. The highest BCUT2D eigenvalue weighted by molar-refractivity contribution is 5.86. The highest BCUT2D eigenvalue weighted by Gasteiger charge is 2.53. The van der Waals surface area contributed by atoms with Crippen molar-refractivity contribution >= 4 is 10.9 Å². The Kier molecular flexibility index (Phi) is 6.83. The van der Waals surface area contributed by atoms with E-state index in [2.05, 4.69) is 28.8 Å². The number of pyridine rings is 1. The lowest BCUT2D eigenvalue weighted by Gasteiger charge is -2.38. The Bertz CT molecular complexity index is 1150. The molecule has 4 rings (SSSR count). The number of nitrogens with zero attached hydrogens (tertiary/aromatic N) is 4. The number of hydrogen-bond acceptors (Lipinski definition) is 7. The van der Waals surface area contributed by atoms with E-state index in [1.165, 1.54) is 16.8 Å². The van der Waals surface area contributed by atoms with Crippen molar-refractivity contribution in [3.63, 3.8) is 0 Å². The first-order chi connectivity index (χ1) is 16.1. The molecule has 0 saturated heterocycles. The summed E-state index contributed by atoms with van der Waals surface area (Å²) in [6.07, 6.45) is 2.93. The van der Waals surface area contributed by atoms with E-state index in [1.54, 1.807) is 13.0 Å². The lowest BCUT2D eigenvalue weighted by atomic mass is 10.0. The molecule has 34 heavy (non-hydrogen) atoms. The average molecular weight is 469 g/mol. The Morgan fingerprint density at radius 1 is 1.06 bits per heavy atom. The molecule has 0 spiro atoms. The predicted octanol–water partition coefficient (Wildman–Crippen LogP) is 1.79. The van der Waals surface area contributed by atoms with Crippen molar-refractivity contribution in [2.75, 3.05) is 33.2 Å². The van der Waals surface area contributed by atoms with Crippen LogP contribution in [0.25, 0.3) is 10.9 Å². The minimum absolute atomic E-state index is 0.0952. The minimum atomic E-state index is -3.01. The average Bonchev–Trinajstić information content (AvgIpc) is 3.11. The molecule has 1 aliphatic heterocycles. The molecule has 3 heterocycles. The Morgan fingerprint density at radius 3 is 2.50 bits per heavy atom. The molecule has 8 nitrogen and oxygen atoms in total. The van der Waals surface area contributed by atoms with Gasteiger partial charge < -0.3 is 25.3 Å². The van der Waals surface area contributed by atoms with Crippen LogP contribution in [0.4, 0.5) is 0 Å². The maximum atomic E-state index is 11.3. The van der Waals surface area contributed by atoms with Gasteiger partial charge >= 0.3 is 5.91 Å². The molecule has 0 radical (unpaired) electrons. The number of likely N-dealkylation sites (N-methyl/N-ethyl adjacent to an activating group) is 1. The highest BCUT2D eigenvalue weighted by Crippen LogP contribution is 2.40. The lowest BCUT2D eigenvalue weighted by molar-refractivity contribution is -0.409. The van der Waals surface area contributed by atoms with Gasteiger partial charge in [0.2, 0.25) is 0 Å². The first-order valence-corrected chi connectivity index (χ1v) is 11.9. The first-order valence-electron chi connectivity index (χ1n) is 11.9. The van der Waals surface area contributed by atoms with Gasteiger partial charge in [-0.1, -0.05) is 24.6 Å². The summed E-state index contributed by atoms with van der Waals surface area (Å²) in [7, 11) is 2.13. The Morgan fingerprint density at radius 2 is 1.82 bits per heavy atom. The second-order valence-corrected chi connectivity index (χ2v) is 9.61. The van der Waals surface area contributed by atoms with E-state index < -0.39 is 11.7 Å². The summed E-state index contributed by atoms with van der Waals surface area (Å²) in [5, 5.41) is 45.6. The summed E-state index contributed by atoms with van der Waals surface area (Å²) < 4.78 is 1.29. The molecule has 0 saturated carbocycles. The molecule has 2 aromatic heterocycles. The van der Waals surface area contributed by atoms with Gasteiger partial charge in [-0.25, -0.2) is 0 Å². The van der Waals surface area contributed by atoms with Crippen LogP contribution in [-0.4, -0.2) is 73.0 Å². The number of rotatable bonds is 8. The molecular weight excluding hydrogens is 432 g/mol. The number of aromatic nitrogens is 2. The summed E-state index contributed by atoms with van der Waals surface area (Å²) in [6, 6.07) is 8.78. The van der Waals surface area contributed by atoms with Crippen molar-refractivity contribution in [2.24, 2.45) is 0 Å². The quantitative estimate of drug-likeness (QED) is 0.374. The fourth-order valence-electron chi connectivity index (χ4n) is 4.90.